The highest BCUT2D eigenvalue weighted by Crippen LogP contribution is 2.19. The summed E-state index contributed by atoms with van der Waals surface area (Å²) in [5.74, 6) is -0.356. The van der Waals surface area contributed by atoms with Crippen LogP contribution in [0.3, 0.4) is 0 Å². The molecule has 1 N–H and O–H groups in total. The van der Waals surface area contributed by atoms with E-state index in [2.05, 4.69) is 16.8 Å². The Morgan fingerprint density at radius 2 is 1.77 bits per heavy atom. The molecule has 0 aliphatic rings. The number of carbonyl (C=O) groups is 1. The topological polar surface area (TPSA) is 51.1 Å². The molecule has 0 radical (unpaired) electrons. The molecule has 156 valence electrons. The van der Waals surface area contributed by atoms with Crippen molar-refractivity contribution < 1.29 is 4.79 Å². The van der Waals surface area contributed by atoms with Crippen LogP contribution in [0.1, 0.15) is 52.6 Å². The summed E-state index contributed by atoms with van der Waals surface area (Å²) in [6, 6.07) is 16.8. The molecule has 1 heterocycles. The van der Waals surface area contributed by atoms with E-state index in [0.717, 1.165) is 35.4 Å². The van der Waals surface area contributed by atoms with Crippen LogP contribution in [0.4, 0.5) is 5.69 Å². The number of aromatic nitrogens is 1. The van der Waals surface area contributed by atoms with Gasteiger partial charge in [0.05, 0.1) is 0 Å². The van der Waals surface area contributed by atoms with E-state index >= 15 is 0 Å². The maximum Gasteiger partial charge on any atom is 0.261 e. The van der Waals surface area contributed by atoms with E-state index in [1.807, 2.05) is 62.4 Å². The van der Waals surface area contributed by atoms with Gasteiger partial charge in [-0.05, 0) is 56.0 Å². The number of para-hydroxylation sites is 1. The fourth-order valence-electron chi connectivity index (χ4n) is 3.57. The van der Waals surface area contributed by atoms with E-state index in [0.29, 0.717) is 23.7 Å². The molecule has 0 unspecified atom stereocenters. The lowest BCUT2D eigenvalue weighted by Gasteiger charge is -2.20. The van der Waals surface area contributed by atoms with Crippen molar-refractivity contribution in [2.75, 3.05) is 5.32 Å². The zero-order chi connectivity index (χ0) is 21.7. The Kier molecular flexibility index (Phi) is 7.11. The molecule has 0 bridgehead atoms. The van der Waals surface area contributed by atoms with Crippen LogP contribution >= 0.6 is 11.6 Å². The van der Waals surface area contributed by atoms with Gasteiger partial charge < -0.3 is 9.88 Å². The molecule has 30 heavy (non-hydrogen) atoms. The number of benzene rings is 2. The zero-order valence-corrected chi connectivity index (χ0v) is 18.4. The number of aryl methyl sites for hydroxylation is 2. The molecule has 0 saturated heterocycles. The standard InChI is InChI=1S/C25H27ClN2O2/c1-4-5-10-22-24(25(30)27-21-9-7-6-8-17(21)2)23(29)15-18(3)28(22)16-19-11-13-20(26)14-12-19/h6-9,11-15H,4-5,10,16H2,1-3H3,(H,27,30). The monoisotopic (exact) mass is 422 g/mol. The molecule has 0 aliphatic heterocycles. The molecule has 3 aromatic rings. The highest BCUT2D eigenvalue weighted by molar-refractivity contribution is 6.30. The number of rotatable bonds is 7. The largest absolute Gasteiger partial charge is 0.343 e. The summed E-state index contributed by atoms with van der Waals surface area (Å²) in [6.45, 7) is 6.52. The smallest absolute Gasteiger partial charge is 0.261 e. The quantitative estimate of drug-likeness (QED) is 0.526. The van der Waals surface area contributed by atoms with Crippen LogP contribution in [0.5, 0.6) is 0 Å². The van der Waals surface area contributed by atoms with E-state index in [9.17, 15) is 9.59 Å². The molecule has 0 spiro atoms. The summed E-state index contributed by atoms with van der Waals surface area (Å²) < 4.78 is 2.08. The predicted octanol–water partition coefficient (Wildman–Crippen LogP) is 5.76. The summed E-state index contributed by atoms with van der Waals surface area (Å²) in [6.07, 6.45) is 2.54. The van der Waals surface area contributed by atoms with Crippen molar-refractivity contribution in [1.82, 2.24) is 4.57 Å². The molecule has 0 fully saturated rings. The number of nitrogens with zero attached hydrogens (tertiary/aromatic N) is 1. The molecular formula is C25H27ClN2O2. The van der Waals surface area contributed by atoms with Crippen LogP contribution < -0.4 is 10.7 Å². The van der Waals surface area contributed by atoms with Crippen molar-refractivity contribution in [3.63, 3.8) is 0 Å². The maximum atomic E-state index is 13.2. The van der Waals surface area contributed by atoms with Gasteiger partial charge in [-0.15, -0.1) is 0 Å². The number of unbranched alkanes of at least 4 members (excludes halogenated alkanes) is 1. The van der Waals surface area contributed by atoms with Gasteiger partial charge in [0.25, 0.3) is 5.91 Å². The third-order valence-corrected chi connectivity index (χ3v) is 5.52. The van der Waals surface area contributed by atoms with Crippen LogP contribution in [0, 0.1) is 13.8 Å². The van der Waals surface area contributed by atoms with Crippen LogP contribution in [-0.4, -0.2) is 10.5 Å². The lowest BCUT2D eigenvalue weighted by molar-refractivity contribution is 0.102. The van der Waals surface area contributed by atoms with Crippen LogP contribution in [0.25, 0.3) is 0 Å². The Bertz CT molecular complexity index is 1100. The number of nitrogens with one attached hydrogen (secondary N) is 1. The molecule has 0 atom stereocenters. The second-order valence-electron chi connectivity index (χ2n) is 7.56. The Morgan fingerprint density at radius 1 is 1.07 bits per heavy atom. The number of halogens is 1. The zero-order valence-electron chi connectivity index (χ0n) is 17.7. The summed E-state index contributed by atoms with van der Waals surface area (Å²) in [7, 11) is 0. The maximum absolute atomic E-state index is 13.2. The first kappa shape index (κ1) is 21.8. The van der Waals surface area contributed by atoms with Gasteiger partial charge in [-0.25, -0.2) is 0 Å². The lowest BCUT2D eigenvalue weighted by atomic mass is 10.0. The van der Waals surface area contributed by atoms with Crippen molar-refractivity contribution >= 4 is 23.2 Å². The van der Waals surface area contributed by atoms with E-state index in [1.165, 1.54) is 0 Å². The Balaban J connectivity index is 2.06. The van der Waals surface area contributed by atoms with Crippen LogP contribution in [-0.2, 0) is 13.0 Å². The molecule has 4 nitrogen and oxygen atoms in total. The fourth-order valence-corrected chi connectivity index (χ4v) is 3.69. The van der Waals surface area contributed by atoms with Crippen molar-refractivity contribution in [3.05, 3.63) is 97.9 Å². The first-order valence-corrected chi connectivity index (χ1v) is 10.6. The predicted molar refractivity (Wildman–Crippen MR) is 124 cm³/mol. The lowest BCUT2D eigenvalue weighted by Crippen LogP contribution is -2.29. The molecule has 3 rings (SSSR count). The van der Waals surface area contributed by atoms with Crippen molar-refractivity contribution in [1.29, 1.82) is 0 Å². The number of carbonyl (C=O) groups excluding carboxylic acids is 1. The van der Waals surface area contributed by atoms with Gasteiger partial charge in [0.15, 0.2) is 5.43 Å². The van der Waals surface area contributed by atoms with Gasteiger partial charge in [-0.3, -0.25) is 9.59 Å². The van der Waals surface area contributed by atoms with E-state index < -0.39 is 0 Å². The Hall–Kier alpha value is -2.85. The number of hydrogen-bond donors (Lipinski definition) is 1. The van der Waals surface area contributed by atoms with Gasteiger partial charge in [-0.2, -0.15) is 0 Å². The van der Waals surface area contributed by atoms with Gasteiger partial charge in [0.1, 0.15) is 5.56 Å². The van der Waals surface area contributed by atoms with Crippen molar-refractivity contribution in [3.8, 4) is 0 Å². The first-order chi connectivity index (χ1) is 14.4. The summed E-state index contributed by atoms with van der Waals surface area (Å²) in [5.41, 5.74) is 4.34. The van der Waals surface area contributed by atoms with Gasteiger partial charge in [-0.1, -0.05) is 55.3 Å². The minimum absolute atomic E-state index is 0.228. The Morgan fingerprint density at radius 3 is 2.43 bits per heavy atom. The molecule has 0 aliphatic carbocycles. The molecule has 1 amide bonds. The molecule has 1 aromatic heterocycles. The van der Waals surface area contributed by atoms with Crippen molar-refractivity contribution in [2.45, 2.75) is 46.6 Å². The third-order valence-electron chi connectivity index (χ3n) is 5.27. The second-order valence-corrected chi connectivity index (χ2v) is 7.99. The number of amides is 1. The highest BCUT2D eigenvalue weighted by Gasteiger charge is 2.20. The third kappa shape index (κ3) is 5.00. The first-order valence-electron chi connectivity index (χ1n) is 10.3. The minimum Gasteiger partial charge on any atom is -0.343 e. The number of pyridine rings is 1. The van der Waals surface area contributed by atoms with Crippen LogP contribution in [0.15, 0.2) is 59.4 Å². The van der Waals surface area contributed by atoms with Gasteiger partial charge >= 0.3 is 0 Å². The van der Waals surface area contributed by atoms with Gasteiger partial charge in [0.2, 0.25) is 0 Å². The minimum atomic E-state index is -0.356. The summed E-state index contributed by atoms with van der Waals surface area (Å²) >= 11 is 6.02. The second kappa shape index (κ2) is 9.77. The summed E-state index contributed by atoms with van der Waals surface area (Å²) in [4.78, 5) is 26.1. The highest BCUT2D eigenvalue weighted by atomic mass is 35.5. The van der Waals surface area contributed by atoms with E-state index in [-0.39, 0.29) is 16.9 Å². The number of hydrogen-bond acceptors (Lipinski definition) is 2. The van der Waals surface area contributed by atoms with Gasteiger partial charge in [0, 0.05) is 34.7 Å². The molecule has 5 heteroatoms. The summed E-state index contributed by atoms with van der Waals surface area (Å²) in [5, 5.41) is 3.61. The van der Waals surface area contributed by atoms with Crippen LogP contribution in [0.2, 0.25) is 5.02 Å². The fraction of sp³-hybridized carbons (Fsp3) is 0.280. The van der Waals surface area contributed by atoms with E-state index in [1.54, 1.807) is 6.07 Å². The molecule has 0 saturated carbocycles. The normalized spacial score (nSPS) is 10.8. The average Bonchev–Trinajstić information content (AvgIpc) is 2.71. The SMILES string of the molecule is CCCCc1c(C(=O)Nc2ccccc2C)c(=O)cc(C)n1Cc1ccc(Cl)cc1. The molecule has 2 aromatic carbocycles. The van der Waals surface area contributed by atoms with Crippen molar-refractivity contribution in [2.24, 2.45) is 0 Å². The van der Waals surface area contributed by atoms with E-state index in [4.69, 9.17) is 11.6 Å². The molecular weight excluding hydrogens is 396 g/mol. The Labute approximate surface area is 182 Å². The number of anilines is 1. The average molecular weight is 423 g/mol.